The van der Waals surface area contributed by atoms with Crippen molar-refractivity contribution in [3.8, 4) is 0 Å². The first-order valence-corrected chi connectivity index (χ1v) is 15.0. The number of carbonyl (C=O) groups excluding carboxylic acids is 2. The highest BCUT2D eigenvalue weighted by atomic mass is 35.5. The molecule has 4 rings (SSSR count). The molecule has 1 N–H and O–H groups in total. The number of anilines is 1. The quantitative estimate of drug-likeness (QED) is 0.260. The standard InChI is InChI=1S/C32H32ClN3O4S/c1-24-11-9-10-16-29(24)36(41(39,40)28-19-17-27(33)18-20-28)23-31(37)35(22-26-14-7-4-8-15-26)30(32(38)34-2)21-25-12-5-3-6-13-25/h3-20,30H,21-23H2,1-2H3,(H,34,38)/t30-/m1/s1. The second-order valence-electron chi connectivity index (χ2n) is 9.58. The van der Waals surface area contributed by atoms with Crippen LogP contribution in [0.3, 0.4) is 0 Å². The van der Waals surface area contributed by atoms with Crippen LogP contribution < -0.4 is 9.62 Å². The Morgan fingerprint density at radius 2 is 1.37 bits per heavy atom. The molecule has 0 spiro atoms. The summed E-state index contributed by atoms with van der Waals surface area (Å²) in [5.41, 5.74) is 2.73. The molecule has 9 heteroatoms. The number of nitrogens with one attached hydrogen (secondary N) is 1. The molecule has 0 aliphatic rings. The van der Waals surface area contributed by atoms with E-state index in [2.05, 4.69) is 5.32 Å². The van der Waals surface area contributed by atoms with Crippen molar-refractivity contribution >= 4 is 39.1 Å². The molecule has 0 fully saturated rings. The lowest BCUT2D eigenvalue weighted by Crippen LogP contribution is -2.53. The van der Waals surface area contributed by atoms with Crippen molar-refractivity contribution in [2.75, 3.05) is 17.9 Å². The molecular weight excluding hydrogens is 558 g/mol. The third-order valence-electron chi connectivity index (χ3n) is 6.78. The first-order valence-electron chi connectivity index (χ1n) is 13.1. The highest BCUT2D eigenvalue weighted by Gasteiger charge is 2.34. The van der Waals surface area contributed by atoms with E-state index in [1.165, 1.54) is 36.2 Å². The topological polar surface area (TPSA) is 86.8 Å². The Morgan fingerprint density at radius 1 is 0.805 bits per heavy atom. The molecule has 4 aromatic carbocycles. The van der Waals surface area contributed by atoms with Crippen molar-refractivity contribution in [1.29, 1.82) is 0 Å². The molecule has 0 aliphatic heterocycles. The van der Waals surface area contributed by atoms with E-state index in [4.69, 9.17) is 11.6 Å². The largest absolute Gasteiger partial charge is 0.357 e. The zero-order chi connectivity index (χ0) is 29.4. The average Bonchev–Trinajstić information content (AvgIpc) is 2.99. The Kier molecular flexibility index (Phi) is 9.81. The van der Waals surface area contributed by atoms with Crippen LogP contribution in [0.5, 0.6) is 0 Å². The number of halogens is 1. The minimum atomic E-state index is -4.18. The summed E-state index contributed by atoms with van der Waals surface area (Å²) in [6, 6.07) is 30.7. The maximum Gasteiger partial charge on any atom is 0.264 e. The number of hydrogen-bond donors (Lipinski definition) is 1. The van der Waals surface area contributed by atoms with Crippen LogP contribution in [0.4, 0.5) is 5.69 Å². The minimum Gasteiger partial charge on any atom is -0.357 e. The van der Waals surface area contributed by atoms with E-state index in [-0.39, 0.29) is 23.8 Å². The van der Waals surface area contributed by atoms with Crippen LogP contribution >= 0.6 is 11.6 Å². The molecule has 0 saturated carbocycles. The summed E-state index contributed by atoms with van der Waals surface area (Å²) in [6.45, 7) is 1.40. The van der Waals surface area contributed by atoms with Gasteiger partial charge >= 0.3 is 0 Å². The Labute approximate surface area is 246 Å². The highest BCUT2D eigenvalue weighted by molar-refractivity contribution is 7.92. The van der Waals surface area contributed by atoms with Crippen LogP contribution in [0.15, 0.2) is 114 Å². The molecule has 2 amide bonds. The Hall–Kier alpha value is -4.14. The van der Waals surface area contributed by atoms with Gasteiger partial charge in [0.25, 0.3) is 10.0 Å². The normalized spacial score (nSPS) is 11.9. The number of likely N-dealkylation sites (N-methyl/N-ethyl adjacent to an activating group) is 1. The van der Waals surface area contributed by atoms with Crippen LogP contribution in [-0.4, -0.2) is 44.8 Å². The van der Waals surface area contributed by atoms with Gasteiger partial charge in [-0.2, -0.15) is 0 Å². The first-order chi connectivity index (χ1) is 19.7. The Morgan fingerprint density at radius 3 is 1.95 bits per heavy atom. The van der Waals surface area contributed by atoms with Gasteiger partial charge in [0.05, 0.1) is 10.6 Å². The monoisotopic (exact) mass is 589 g/mol. The van der Waals surface area contributed by atoms with Crippen molar-refractivity contribution in [2.45, 2.75) is 30.8 Å². The second-order valence-corrected chi connectivity index (χ2v) is 11.9. The summed E-state index contributed by atoms with van der Waals surface area (Å²) in [5.74, 6) is -0.861. The van der Waals surface area contributed by atoms with Gasteiger partial charge in [-0.25, -0.2) is 8.42 Å². The van der Waals surface area contributed by atoms with Gasteiger partial charge in [-0.05, 0) is 53.9 Å². The lowest BCUT2D eigenvalue weighted by molar-refractivity contribution is -0.139. The molecule has 0 aromatic heterocycles. The zero-order valence-electron chi connectivity index (χ0n) is 22.9. The molecule has 0 aliphatic carbocycles. The van der Waals surface area contributed by atoms with Gasteiger partial charge in [0.1, 0.15) is 12.6 Å². The van der Waals surface area contributed by atoms with Crippen molar-refractivity contribution in [1.82, 2.24) is 10.2 Å². The summed E-state index contributed by atoms with van der Waals surface area (Å²) in [5, 5.41) is 3.08. The molecule has 41 heavy (non-hydrogen) atoms. The van der Waals surface area contributed by atoms with Gasteiger partial charge in [-0.3, -0.25) is 13.9 Å². The minimum absolute atomic E-state index is 0.000278. The van der Waals surface area contributed by atoms with E-state index in [1.807, 2.05) is 60.7 Å². The fraction of sp³-hybridized carbons (Fsp3) is 0.188. The van der Waals surface area contributed by atoms with Crippen LogP contribution in [0, 0.1) is 6.92 Å². The Bertz CT molecular complexity index is 1580. The number of sulfonamides is 1. The third-order valence-corrected chi connectivity index (χ3v) is 8.80. The third kappa shape index (κ3) is 7.34. The number of aryl methyl sites for hydroxylation is 1. The van der Waals surface area contributed by atoms with Gasteiger partial charge in [0, 0.05) is 25.0 Å². The number of hydrogen-bond acceptors (Lipinski definition) is 4. The number of benzene rings is 4. The van der Waals surface area contributed by atoms with Crippen LogP contribution in [0.25, 0.3) is 0 Å². The van der Waals surface area contributed by atoms with E-state index in [1.54, 1.807) is 31.2 Å². The van der Waals surface area contributed by atoms with E-state index >= 15 is 0 Å². The molecule has 4 aromatic rings. The first kappa shape index (κ1) is 29.8. The van der Waals surface area contributed by atoms with Crippen molar-refractivity contribution in [2.24, 2.45) is 0 Å². The molecule has 0 bridgehead atoms. The summed E-state index contributed by atoms with van der Waals surface area (Å²) in [4.78, 5) is 29.0. The van der Waals surface area contributed by atoms with E-state index in [0.29, 0.717) is 16.3 Å². The average molecular weight is 590 g/mol. The molecule has 1 atom stereocenters. The van der Waals surface area contributed by atoms with Gasteiger partial charge in [0.15, 0.2) is 0 Å². The molecule has 0 unspecified atom stereocenters. The number of carbonyl (C=O) groups is 2. The van der Waals surface area contributed by atoms with Gasteiger partial charge in [0.2, 0.25) is 11.8 Å². The summed E-state index contributed by atoms with van der Waals surface area (Å²) >= 11 is 6.02. The zero-order valence-corrected chi connectivity index (χ0v) is 24.5. The SMILES string of the molecule is CNC(=O)[C@@H](Cc1ccccc1)N(Cc1ccccc1)C(=O)CN(c1ccccc1C)S(=O)(=O)c1ccc(Cl)cc1. The molecule has 0 radical (unpaired) electrons. The van der Waals surface area contributed by atoms with Crippen molar-refractivity contribution in [3.05, 3.63) is 131 Å². The molecule has 212 valence electrons. The van der Waals surface area contributed by atoms with Crippen molar-refractivity contribution < 1.29 is 18.0 Å². The summed E-state index contributed by atoms with van der Waals surface area (Å²) in [7, 11) is -2.65. The predicted octanol–water partition coefficient (Wildman–Crippen LogP) is 5.23. The molecule has 0 saturated heterocycles. The van der Waals surface area contributed by atoms with Crippen LogP contribution in [0.1, 0.15) is 16.7 Å². The predicted molar refractivity (Wildman–Crippen MR) is 162 cm³/mol. The fourth-order valence-electron chi connectivity index (χ4n) is 4.59. The van der Waals surface area contributed by atoms with E-state index in [9.17, 15) is 18.0 Å². The Balaban J connectivity index is 1.78. The van der Waals surface area contributed by atoms with Crippen LogP contribution in [-0.2, 0) is 32.6 Å². The lowest BCUT2D eigenvalue weighted by Gasteiger charge is -2.34. The molecule has 7 nitrogen and oxygen atoms in total. The van der Waals surface area contributed by atoms with Gasteiger partial charge in [-0.15, -0.1) is 0 Å². The second kappa shape index (κ2) is 13.5. The van der Waals surface area contributed by atoms with Crippen molar-refractivity contribution in [3.63, 3.8) is 0 Å². The van der Waals surface area contributed by atoms with Crippen LogP contribution in [0.2, 0.25) is 5.02 Å². The summed E-state index contributed by atoms with van der Waals surface area (Å²) in [6.07, 6.45) is 0.257. The number of amides is 2. The molecule has 0 heterocycles. The maximum atomic E-state index is 14.2. The number of para-hydroxylation sites is 1. The smallest absolute Gasteiger partial charge is 0.264 e. The maximum absolute atomic E-state index is 14.2. The number of rotatable bonds is 11. The highest BCUT2D eigenvalue weighted by Crippen LogP contribution is 2.28. The van der Waals surface area contributed by atoms with Gasteiger partial charge < -0.3 is 10.2 Å². The number of nitrogens with zero attached hydrogens (tertiary/aromatic N) is 2. The lowest BCUT2D eigenvalue weighted by atomic mass is 10.0. The summed E-state index contributed by atoms with van der Waals surface area (Å²) < 4.78 is 29.1. The van der Waals surface area contributed by atoms with E-state index < -0.39 is 28.5 Å². The molecular formula is C32H32ClN3O4S. The fourth-order valence-corrected chi connectivity index (χ4v) is 6.20. The van der Waals surface area contributed by atoms with E-state index in [0.717, 1.165) is 15.4 Å². The van der Waals surface area contributed by atoms with Gasteiger partial charge in [-0.1, -0.05) is 90.5 Å².